The van der Waals surface area contributed by atoms with Gasteiger partial charge in [0.1, 0.15) is 5.75 Å². The van der Waals surface area contributed by atoms with Crippen molar-refractivity contribution >= 4 is 15.7 Å². The van der Waals surface area contributed by atoms with Crippen molar-refractivity contribution in [3.05, 3.63) is 29.3 Å². The second-order valence-electron chi connectivity index (χ2n) is 6.40. The summed E-state index contributed by atoms with van der Waals surface area (Å²) in [6, 6.07) is 6.06. The number of hydrogen-bond donors (Lipinski definition) is 0. The van der Waals surface area contributed by atoms with Gasteiger partial charge >= 0.3 is 0 Å². The second kappa shape index (κ2) is 6.51. The molecule has 0 bridgehead atoms. The van der Waals surface area contributed by atoms with Crippen molar-refractivity contribution in [2.24, 2.45) is 5.92 Å². The molecule has 1 fully saturated rings. The van der Waals surface area contributed by atoms with Gasteiger partial charge in [0, 0.05) is 19.5 Å². The number of carbonyl (C=O) groups excluding carboxylic acids is 1. The molecule has 5 nitrogen and oxygen atoms in total. The number of carbonyl (C=O) groups is 1. The summed E-state index contributed by atoms with van der Waals surface area (Å²) in [5, 5.41) is 0. The number of fused-ring (bicyclic) bond motifs is 1. The van der Waals surface area contributed by atoms with Crippen molar-refractivity contribution < 1.29 is 17.9 Å². The highest BCUT2D eigenvalue weighted by Crippen LogP contribution is 2.27. The van der Waals surface area contributed by atoms with Gasteiger partial charge in [-0.2, -0.15) is 0 Å². The van der Waals surface area contributed by atoms with Crippen LogP contribution in [-0.4, -0.2) is 43.9 Å². The first-order valence-electron chi connectivity index (χ1n) is 8.19. The molecule has 2 aliphatic rings. The van der Waals surface area contributed by atoms with E-state index < -0.39 is 9.84 Å². The van der Waals surface area contributed by atoms with Crippen LogP contribution in [0.5, 0.6) is 5.75 Å². The first kappa shape index (κ1) is 16.3. The summed E-state index contributed by atoms with van der Waals surface area (Å²) < 4.78 is 28.6. The third-order valence-corrected chi connectivity index (χ3v) is 6.48. The Labute approximate surface area is 137 Å². The van der Waals surface area contributed by atoms with E-state index in [9.17, 15) is 13.2 Å². The Bertz CT molecular complexity index is 699. The van der Waals surface area contributed by atoms with E-state index in [2.05, 4.69) is 6.07 Å². The molecule has 2 heterocycles. The molecule has 0 aromatic heterocycles. The molecule has 0 unspecified atom stereocenters. The van der Waals surface area contributed by atoms with E-state index in [4.69, 9.17) is 4.74 Å². The van der Waals surface area contributed by atoms with Crippen LogP contribution in [0.2, 0.25) is 0 Å². The molecule has 1 saturated heterocycles. The minimum absolute atomic E-state index is 0.0105. The Morgan fingerprint density at radius 3 is 2.87 bits per heavy atom. The lowest BCUT2D eigenvalue weighted by Crippen LogP contribution is -2.37. The fourth-order valence-corrected chi connectivity index (χ4v) is 5.27. The van der Waals surface area contributed by atoms with E-state index in [1.165, 1.54) is 5.56 Å². The molecule has 2 aliphatic heterocycles. The maximum absolute atomic E-state index is 12.5. The lowest BCUT2D eigenvalue weighted by atomic mass is 9.98. The maximum Gasteiger partial charge on any atom is 0.223 e. The Morgan fingerprint density at radius 1 is 1.35 bits per heavy atom. The number of benzene rings is 1. The molecule has 0 saturated carbocycles. The molecule has 0 N–H and O–H groups in total. The predicted molar refractivity (Wildman–Crippen MR) is 88.1 cm³/mol. The molecule has 23 heavy (non-hydrogen) atoms. The summed E-state index contributed by atoms with van der Waals surface area (Å²) in [6.07, 6.45) is 1.81. The quantitative estimate of drug-likeness (QED) is 0.840. The van der Waals surface area contributed by atoms with Crippen LogP contribution >= 0.6 is 0 Å². The molecule has 1 aromatic carbocycles. The monoisotopic (exact) mass is 337 g/mol. The van der Waals surface area contributed by atoms with E-state index in [1.807, 2.05) is 24.0 Å². The average Bonchev–Trinajstić information content (AvgIpc) is 2.85. The molecule has 1 atom stereocenters. The van der Waals surface area contributed by atoms with E-state index in [-0.39, 0.29) is 23.3 Å². The first-order chi connectivity index (χ1) is 11.0. The van der Waals surface area contributed by atoms with Gasteiger partial charge in [-0.25, -0.2) is 8.42 Å². The highest BCUT2D eigenvalue weighted by Gasteiger charge is 2.31. The van der Waals surface area contributed by atoms with Gasteiger partial charge in [0.05, 0.1) is 18.1 Å². The number of hydrogen-bond acceptors (Lipinski definition) is 4. The molecular weight excluding hydrogens is 314 g/mol. The maximum atomic E-state index is 12.5. The number of amides is 1. The van der Waals surface area contributed by atoms with E-state index in [1.54, 1.807) is 0 Å². The number of nitrogens with zero attached hydrogens (tertiary/aromatic N) is 1. The highest BCUT2D eigenvalue weighted by atomic mass is 32.2. The molecule has 126 valence electrons. The summed E-state index contributed by atoms with van der Waals surface area (Å²) in [4.78, 5) is 14.3. The van der Waals surface area contributed by atoms with Crippen molar-refractivity contribution in [1.82, 2.24) is 4.90 Å². The van der Waals surface area contributed by atoms with Crippen molar-refractivity contribution in [2.75, 3.05) is 24.7 Å². The Kier molecular flexibility index (Phi) is 4.62. The van der Waals surface area contributed by atoms with E-state index in [0.29, 0.717) is 32.5 Å². The molecule has 6 heteroatoms. The lowest BCUT2D eigenvalue weighted by molar-refractivity contribution is -0.132. The number of sulfone groups is 1. The second-order valence-corrected chi connectivity index (χ2v) is 8.63. The molecule has 1 amide bonds. The van der Waals surface area contributed by atoms with Gasteiger partial charge in [0.15, 0.2) is 9.84 Å². The van der Waals surface area contributed by atoms with E-state index >= 15 is 0 Å². The number of rotatable bonds is 4. The highest BCUT2D eigenvalue weighted by molar-refractivity contribution is 7.91. The normalized spacial score (nSPS) is 22.7. The number of ether oxygens (including phenoxy) is 1. The van der Waals surface area contributed by atoms with Crippen molar-refractivity contribution in [2.45, 2.75) is 32.7 Å². The molecular formula is C17H23NO4S. The fourth-order valence-electron chi connectivity index (χ4n) is 3.41. The van der Waals surface area contributed by atoms with Gasteiger partial charge < -0.3 is 9.64 Å². The van der Waals surface area contributed by atoms with Gasteiger partial charge in [-0.05, 0) is 48.9 Å². The summed E-state index contributed by atoms with van der Waals surface area (Å²) in [5.41, 5.74) is 2.40. The van der Waals surface area contributed by atoms with Crippen LogP contribution in [0, 0.1) is 5.92 Å². The van der Waals surface area contributed by atoms with Crippen molar-refractivity contribution in [3.63, 3.8) is 0 Å². The third kappa shape index (κ3) is 3.86. The topological polar surface area (TPSA) is 63.7 Å². The summed E-state index contributed by atoms with van der Waals surface area (Å²) in [7, 11) is -2.92. The molecule has 0 radical (unpaired) electrons. The van der Waals surface area contributed by atoms with Crippen LogP contribution in [0.15, 0.2) is 18.2 Å². The zero-order chi connectivity index (χ0) is 16.4. The minimum atomic E-state index is -2.92. The van der Waals surface area contributed by atoms with Gasteiger partial charge in [0.25, 0.3) is 0 Å². The molecule has 3 rings (SSSR count). The summed E-state index contributed by atoms with van der Waals surface area (Å²) in [5.74, 6) is 1.29. The van der Waals surface area contributed by atoms with Crippen molar-refractivity contribution in [3.8, 4) is 5.75 Å². The Balaban J connectivity index is 1.64. The third-order valence-electron chi connectivity index (χ3n) is 4.64. The zero-order valence-electron chi connectivity index (χ0n) is 13.5. The SMILES string of the molecule is CCOc1ccc2c(c1)CN(C(=O)C[C@@H]1CCS(=O)(=O)C1)CC2. The van der Waals surface area contributed by atoms with Crippen LogP contribution in [-0.2, 0) is 27.6 Å². The molecule has 0 aliphatic carbocycles. The van der Waals surface area contributed by atoms with E-state index in [0.717, 1.165) is 17.7 Å². The van der Waals surface area contributed by atoms with Crippen LogP contribution < -0.4 is 4.74 Å². The van der Waals surface area contributed by atoms with Gasteiger partial charge in [0.2, 0.25) is 5.91 Å². The standard InChI is InChI=1S/C17H23NO4S/c1-2-22-16-4-3-14-5-7-18(11-15(14)10-16)17(19)9-13-6-8-23(20,21)12-13/h3-4,10,13H,2,5-9,11-12H2,1H3/t13-/m0/s1. The molecule has 1 aromatic rings. The van der Waals surface area contributed by atoms with Gasteiger partial charge in [-0.1, -0.05) is 6.07 Å². The Hall–Kier alpha value is -1.56. The smallest absolute Gasteiger partial charge is 0.223 e. The fraction of sp³-hybridized carbons (Fsp3) is 0.588. The van der Waals surface area contributed by atoms with Crippen LogP contribution in [0.3, 0.4) is 0 Å². The Morgan fingerprint density at radius 2 is 2.17 bits per heavy atom. The van der Waals surface area contributed by atoms with Crippen LogP contribution in [0.1, 0.15) is 30.9 Å². The van der Waals surface area contributed by atoms with Gasteiger partial charge in [-0.3, -0.25) is 4.79 Å². The van der Waals surface area contributed by atoms with Crippen LogP contribution in [0.4, 0.5) is 0 Å². The molecule has 0 spiro atoms. The predicted octanol–water partition coefficient (Wildman–Crippen LogP) is 1.79. The average molecular weight is 337 g/mol. The largest absolute Gasteiger partial charge is 0.494 e. The van der Waals surface area contributed by atoms with Gasteiger partial charge in [-0.15, -0.1) is 0 Å². The summed E-state index contributed by atoms with van der Waals surface area (Å²) in [6.45, 7) is 3.87. The van der Waals surface area contributed by atoms with Crippen LogP contribution in [0.25, 0.3) is 0 Å². The zero-order valence-corrected chi connectivity index (χ0v) is 14.3. The summed E-state index contributed by atoms with van der Waals surface area (Å²) >= 11 is 0. The lowest BCUT2D eigenvalue weighted by Gasteiger charge is -2.30. The minimum Gasteiger partial charge on any atom is -0.494 e. The first-order valence-corrected chi connectivity index (χ1v) is 10.0. The van der Waals surface area contributed by atoms with Crippen molar-refractivity contribution in [1.29, 1.82) is 0 Å².